The zero-order valence-corrected chi connectivity index (χ0v) is 11.5. The lowest BCUT2D eigenvalue weighted by Gasteiger charge is -2.36. The molecule has 0 aromatic carbocycles. The normalized spacial score (nSPS) is 26.1. The fourth-order valence-electron chi connectivity index (χ4n) is 2.40. The van der Waals surface area contributed by atoms with Crippen molar-refractivity contribution in [3.8, 4) is 0 Å². The molecule has 2 heterocycles. The molecule has 100 valence electrons. The Morgan fingerprint density at radius 2 is 2.28 bits per heavy atom. The number of piperidine rings is 1. The number of hydrogen-bond acceptors (Lipinski definition) is 4. The Labute approximate surface area is 109 Å². The first kappa shape index (κ1) is 13.3. The van der Waals surface area contributed by atoms with Crippen LogP contribution in [0.1, 0.15) is 31.9 Å². The molecule has 0 spiro atoms. The predicted octanol–water partition coefficient (Wildman–Crippen LogP) is 1.96. The molecular formula is C14H23N3O. The molecule has 1 fully saturated rings. The van der Waals surface area contributed by atoms with Gasteiger partial charge in [0.15, 0.2) is 0 Å². The van der Waals surface area contributed by atoms with E-state index in [2.05, 4.69) is 28.9 Å². The van der Waals surface area contributed by atoms with E-state index in [-0.39, 0.29) is 6.04 Å². The van der Waals surface area contributed by atoms with Crippen LogP contribution < -0.4 is 10.6 Å². The SMILES string of the molecule is COC1CN(c2ccc([C@@H](C)N)cn2)CCC1C. The molecule has 3 atom stereocenters. The summed E-state index contributed by atoms with van der Waals surface area (Å²) in [6, 6.07) is 4.16. The van der Waals surface area contributed by atoms with Crippen molar-refractivity contribution in [2.24, 2.45) is 11.7 Å². The molecule has 2 rings (SSSR count). The lowest BCUT2D eigenvalue weighted by atomic mass is 9.96. The first-order valence-corrected chi connectivity index (χ1v) is 6.61. The summed E-state index contributed by atoms with van der Waals surface area (Å²) in [4.78, 5) is 6.80. The average molecular weight is 249 g/mol. The number of rotatable bonds is 3. The molecule has 4 heteroatoms. The van der Waals surface area contributed by atoms with E-state index < -0.39 is 0 Å². The fourth-order valence-corrected chi connectivity index (χ4v) is 2.40. The topological polar surface area (TPSA) is 51.4 Å². The van der Waals surface area contributed by atoms with E-state index in [0.717, 1.165) is 30.9 Å². The Balaban J connectivity index is 2.07. The number of methoxy groups -OCH3 is 1. The standard InChI is InChI=1S/C14H23N3O/c1-10-6-7-17(9-13(10)18-3)14-5-4-12(8-16-14)11(2)15/h4-5,8,10-11,13H,6-7,9,15H2,1-3H3/t10?,11-,13?/m1/s1. The highest BCUT2D eigenvalue weighted by Gasteiger charge is 2.26. The van der Waals surface area contributed by atoms with Gasteiger partial charge in [0.25, 0.3) is 0 Å². The molecule has 2 unspecified atom stereocenters. The Morgan fingerprint density at radius 3 is 2.83 bits per heavy atom. The zero-order chi connectivity index (χ0) is 13.1. The molecule has 1 saturated heterocycles. The maximum Gasteiger partial charge on any atom is 0.128 e. The third kappa shape index (κ3) is 2.82. The fraction of sp³-hybridized carbons (Fsp3) is 0.643. The van der Waals surface area contributed by atoms with Crippen molar-refractivity contribution in [3.63, 3.8) is 0 Å². The van der Waals surface area contributed by atoms with Crippen LogP contribution in [0.4, 0.5) is 5.82 Å². The number of nitrogens with two attached hydrogens (primary N) is 1. The minimum absolute atomic E-state index is 0.0413. The summed E-state index contributed by atoms with van der Waals surface area (Å²) in [5.74, 6) is 1.64. The monoisotopic (exact) mass is 249 g/mol. The van der Waals surface area contributed by atoms with Gasteiger partial charge in [0.2, 0.25) is 0 Å². The van der Waals surface area contributed by atoms with E-state index in [0.29, 0.717) is 12.0 Å². The van der Waals surface area contributed by atoms with Gasteiger partial charge in [-0.2, -0.15) is 0 Å². The van der Waals surface area contributed by atoms with Gasteiger partial charge in [0.1, 0.15) is 5.82 Å². The molecule has 4 nitrogen and oxygen atoms in total. The van der Waals surface area contributed by atoms with Crippen molar-refractivity contribution >= 4 is 5.82 Å². The minimum atomic E-state index is 0.0413. The molecular weight excluding hydrogens is 226 g/mol. The summed E-state index contributed by atoms with van der Waals surface area (Å²) in [5.41, 5.74) is 6.91. The second kappa shape index (κ2) is 5.67. The van der Waals surface area contributed by atoms with Gasteiger partial charge in [0, 0.05) is 32.4 Å². The number of ether oxygens (including phenoxy) is 1. The Bertz CT molecular complexity index is 377. The molecule has 2 N–H and O–H groups in total. The highest BCUT2D eigenvalue weighted by molar-refractivity contribution is 5.40. The van der Waals surface area contributed by atoms with Crippen LogP contribution >= 0.6 is 0 Å². The third-order valence-electron chi connectivity index (χ3n) is 3.81. The van der Waals surface area contributed by atoms with E-state index >= 15 is 0 Å². The first-order valence-electron chi connectivity index (χ1n) is 6.61. The van der Waals surface area contributed by atoms with Crippen molar-refractivity contribution in [3.05, 3.63) is 23.9 Å². The van der Waals surface area contributed by atoms with Gasteiger partial charge in [-0.1, -0.05) is 13.0 Å². The van der Waals surface area contributed by atoms with E-state index in [9.17, 15) is 0 Å². The Morgan fingerprint density at radius 1 is 1.50 bits per heavy atom. The summed E-state index contributed by atoms with van der Waals surface area (Å²) in [5, 5.41) is 0. The smallest absolute Gasteiger partial charge is 0.128 e. The van der Waals surface area contributed by atoms with Gasteiger partial charge in [-0.05, 0) is 30.9 Å². The van der Waals surface area contributed by atoms with Crippen LogP contribution in [-0.2, 0) is 4.74 Å². The van der Waals surface area contributed by atoms with Crippen LogP contribution in [0, 0.1) is 5.92 Å². The molecule has 0 bridgehead atoms. The number of anilines is 1. The van der Waals surface area contributed by atoms with Crippen molar-refractivity contribution < 1.29 is 4.74 Å². The van der Waals surface area contributed by atoms with Crippen LogP contribution in [-0.4, -0.2) is 31.3 Å². The van der Waals surface area contributed by atoms with E-state index in [1.165, 1.54) is 0 Å². The van der Waals surface area contributed by atoms with Crippen molar-refractivity contribution in [1.82, 2.24) is 4.98 Å². The second-order valence-corrected chi connectivity index (χ2v) is 5.22. The van der Waals surface area contributed by atoms with Crippen LogP contribution in [0.15, 0.2) is 18.3 Å². The van der Waals surface area contributed by atoms with Crippen LogP contribution in [0.5, 0.6) is 0 Å². The molecule has 1 aromatic heterocycles. The minimum Gasteiger partial charge on any atom is -0.379 e. The molecule has 0 saturated carbocycles. The number of nitrogens with zero attached hydrogens (tertiary/aromatic N) is 2. The third-order valence-corrected chi connectivity index (χ3v) is 3.81. The quantitative estimate of drug-likeness (QED) is 0.889. The van der Waals surface area contributed by atoms with Crippen LogP contribution in [0.3, 0.4) is 0 Å². The molecule has 1 aromatic rings. The van der Waals surface area contributed by atoms with Gasteiger partial charge in [-0.25, -0.2) is 4.98 Å². The number of pyridine rings is 1. The van der Waals surface area contributed by atoms with Crippen molar-refractivity contribution in [2.45, 2.75) is 32.4 Å². The number of hydrogen-bond donors (Lipinski definition) is 1. The van der Waals surface area contributed by atoms with Gasteiger partial charge in [0.05, 0.1) is 6.10 Å². The zero-order valence-electron chi connectivity index (χ0n) is 11.5. The van der Waals surface area contributed by atoms with Crippen LogP contribution in [0.2, 0.25) is 0 Å². The van der Waals surface area contributed by atoms with E-state index in [1.807, 2.05) is 13.1 Å². The van der Waals surface area contributed by atoms with Gasteiger partial charge in [-0.3, -0.25) is 0 Å². The lowest BCUT2D eigenvalue weighted by Crippen LogP contribution is -2.44. The van der Waals surface area contributed by atoms with Gasteiger partial charge < -0.3 is 15.4 Å². The summed E-state index contributed by atoms with van der Waals surface area (Å²) in [6.07, 6.45) is 3.32. The summed E-state index contributed by atoms with van der Waals surface area (Å²) in [7, 11) is 1.79. The van der Waals surface area contributed by atoms with Gasteiger partial charge >= 0.3 is 0 Å². The predicted molar refractivity (Wildman–Crippen MR) is 73.6 cm³/mol. The lowest BCUT2D eigenvalue weighted by molar-refractivity contribution is 0.0496. The largest absolute Gasteiger partial charge is 0.379 e. The number of aromatic nitrogens is 1. The molecule has 0 aliphatic carbocycles. The first-order chi connectivity index (χ1) is 8.61. The van der Waals surface area contributed by atoms with Crippen molar-refractivity contribution in [2.75, 3.05) is 25.1 Å². The van der Waals surface area contributed by atoms with Crippen LogP contribution in [0.25, 0.3) is 0 Å². The second-order valence-electron chi connectivity index (χ2n) is 5.22. The molecule has 0 radical (unpaired) electrons. The maximum absolute atomic E-state index is 5.83. The average Bonchev–Trinajstić information content (AvgIpc) is 2.39. The molecule has 0 amide bonds. The molecule has 1 aliphatic rings. The summed E-state index contributed by atoms with van der Waals surface area (Å²) < 4.78 is 5.53. The van der Waals surface area contributed by atoms with E-state index in [4.69, 9.17) is 10.5 Å². The maximum atomic E-state index is 5.83. The molecule has 18 heavy (non-hydrogen) atoms. The Hall–Kier alpha value is -1.13. The van der Waals surface area contributed by atoms with Gasteiger partial charge in [-0.15, -0.1) is 0 Å². The van der Waals surface area contributed by atoms with E-state index in [1.54, 1.807) is 7.11 Å². The summed E-state index contributed by atoms with van der Waals surface area (Å²) >= 11 is 0. The van der Waals surface area contributed by atoms with Crippen molar-refractivity contribution in [1.29, 1.82) is 0 Å². The highest BCUT2D eigenvalue weighted by atomic mass is 16.5. The molecule has 1 aliphatic heterocycles. The summed E-state index contributed by atoms with van der Waals surface area (Å²) in [6.45, 7) is 6.19. The highest BCUT2D eigenvalue weighted by Crippen LogP contribution is 2.24. The Kier molecular flexibility index (Phi) is 4.19.